The molecule has 32 heavy (non-hydrogen) atoms. The molecule has 0 spiro atoms. The van der Waals surface area contributed by atoms with E-state index in [1.807, 2.05) is 26.0 Å². The van der Waals surface area contributed by atoms with Crippen molar-refractivity contribution >= 4 is 11.6 Å². The minimum Gasteiger partial charge on any atom is -0.328 e. The Bertz CT molecular complexity index is 999. The molecular formula is C28H38N2O2. The zero-order valence-electron chi connectivity index (χ0n) is 20.3. The maximum atomic E-state index is 13.9. The van der Waals surface area contributed by atoms with Crippen LogP contribution in [0, 0.1) is 56.7 Å². The number of ketones is 2. The summed E-state index contributed by atoms with van der Waals surface area (Å²) in [7, 11) is 0. The monoisotopic (exact) mass is 434 g/mol. The molecule has 3 saturated carbocycles. The summed E-state index contributed by atoms with van der Waals surface area (Å²) >= 11 is 0. The maximum absolute atomic E-state index is 13.9. The number of nitrogens with zero attached hydrogens (tertiary/aromatic N) is 1. The highest BCUT2D eigenvalue weighted by atomic mass is 16.1. The number of nitriles is 1. The first-order valence-electron chi connectivity index (χ1n) is 12.6. The SMILES string of the molecule is CC12CCC(N)CC1C1C(=O)C=C3C(C)(CC[C@H]4C(C)(C)C(=O)C(C#N)=CC34C)C1CC2. The van der Waals surface area contributed by atoms with Crippen molar-refractivity contribution in [2.45, 2.75) is 85.6 Å². The smallest absolute Gasteiger partial charge is 0.178 e. The summed E-state index contributed by atoms with van der Waals surface area (Å²) in [6.07, 6.45) is 11.3. The van der Waals surface area contributed by atoms with Gasteiger partial charge in [0, 0.05) is 22.8 Å². The first-order chi connectivity index (χ1) is 14.9. The summed E-state index contributed by atoms with van der Waals surface area (Å²) in [5, 5.41) is 9.74. The van der Waals surface area contributed by atoms with Gasteiger partial charge in [-0.15, -0.1) is 0 Å². The zero-order valence-corrected chi connectivity index (χ0v) is 20.3. The molecule has 0 heterocycles. The number of fused-ring (bicyclic) bond motifs is 7. The average molecular weight is 435 g/mol. The van der Waals surface area contributed by atoms with Gasteiger partial charge in [0.2, 0.25) is 0 Å². The summed E-state index contributed by atoms with van der Waals surface area (Å²) < 4.78 is 0. The third-order valence-corrected chi connectivity index (χ3v) is 11.0. The highest BCUT2D eigenvalue weighted by Gasteiger charge is 2.64. The second-order valence-corrected chi connectivity index (χ2v) is 12.9. The molecule has 8 atom stereocenters. The molecule has 0 amide bonds. The molecule has 5 rings (SSSR count). The van der Waals surface area contributed by atoms with Crippen LogP contribution in [0.4, 0.5) is 0 Å². The van der Waals surface area contributed by atoms with Gasteiger partial charge in [-0.1, -0.05) is 46.3 Å². The second kappa shape index (κ2) is 6.66. The van der Waals surface area contributed by atoms with Crippen LogP contribution in [-0.2, 0) is 9.59 Å². The number of allylic oxidation sites excluding steroid dienone is 4. The van der Waals surface area contributed by atoms with Gasteiger partial charge in [-0.2, -0.15) is 5.26 Å². The van der Waals surface area contributed by atoms with E-state index in [-0.39, 0.29) is 45.8 Å². The molecule has 2 N–H and O–H groups in total. The lowest BCUT2D eigenvalue weighted by Crippen LogP contribution is -2.60. The van der Waals surface area contributed by atoms with E-state index in [9.17, 15) is 14.9 Å². The normalized spacial score (nSPS) is 49.5. The van der Waals surface area contributed by atoms with Gasteiger partial charge in [-0.3, -0.25) is 9.59 Å². The van der Waals surface area contributed by atoms with Crippen molar-refractivity contribution in [3.05, 3.63) is 23.3 Å². The molecule has 0 aromatic carbocycles. The van der Waals surface area contributed by atoms with Gasteiger partial charge in [0.15, 0.2) is 11.6 Å². The van der Waals surface area contributed by atoms with Gasteiger partial charge in [0.1, 0.15) is 6.07 Å². The van der Waals surface area contributed by atoms with E-state index in [0.717, 1.165) is 38.5 Å². The Labute approximate surface area is 192 Å². The molecule has 172 valence electrons. The summed E-state index contributed by atoms with van der Waals surface area (Å²) in [6.45, 7) is 10.9. The molecule has 5 aliphatic rings. The predicted octanol–water partition coefficient (Wildman–Crippen LogP) is 5.14. The van der Waals surface area contributed by atoms with Gasteiger partial charge >= 0.3 is 0 Å². The molecule has 0 bridgehead atoms. The van der Waals surface area contributed by atoms with E-state index in [1.165, 1.54) is 12.0 Å². The number of Topliss-reactive ketones (excluding diaryl/α,β-unsaturated/α-hetero) is 1. The Hall–Kier alpha value is -1.73. The number of carbonyl (C=O) groups excluding carboxylic acids is 2. The van der Waals surface area contributed by atoms with Crippen molar-refractivity contribution in [1.29, 1.82) is 5.26 Å². The summed E-state index contributed by atoms with van der Waals surface area (Å²) in [5.41, 5.74) is 6.99. The van der Waals surface area contributed by atoms with Crippen LogP contribution >= 0.6 is 0 Å². The minimum atomic E-state index is -0.599. The van der Waals surface area contributed by atoms with Crippen LogP contribution in [0.15, 0.2) is 23.3 Å². The molecule has 0 radical (unpaired) electrons. The fourth-order valence-corrected chi connectivity index (χ4v) is 9.24. The number of hydrogen-bond donors (Lipinski definition) is 1. The highest BCUT2D eigenvalue weighted by molar-refractivity contribution is 6.04. The first kappa shape index (κ1) is 22.1. The fourth-order valence-electron chi connectivity index (χ4n) is 9.24. The lowest BCUT2D eigenvalue weighted by Gasteiger charge is -2.64. The van der Waals surface area contributed by atoms with Crippen molar-refractivity contribution in [2.75, 3.05) is 0 Å². The molecule has 0 aliphatic heterocycles. The van der Waals surface area contributed by atoms with Gasteiger partial charge in [-0.25, -0.2) is 0 Å². The topological polar surface area (TPSA) is 84.0 Å². The quantitative estimate of drug-likeness (QED) is 0.572. The largest absolute Gasteiger partial charge is 0.328 e. The molecule has 4 heteroatoms. The standard InChI is InChI=1S/C28H38N2O2/c1-25(2)21-8-11-27(4)18-7-10-26(3)9-6-17(30)12-19(26)23(18)20(31)13-22(27)28(21,5)14-16(15-29)24(25)32/h13-14,17-19,21,23H,6-12,30H2,1-5H3/t17?,18?,19?,21-,23?,26?,27?,28?/m0/s1. The molecule has 7 unspecified atom stereocenters. The molecule has 0 aromatic rings. The van der Waals surface area contributed by atoms with E-state index in [0.29, 0.717) is 11.8 Å². The second-order valence-electron chi connectivity index (χ2n) is 12.9. The van der Waals surface area contributed by atoms with Crippen LogP contribution in [-0.4, -0.2) is 17.6 Å². The number of nitrogens with two attached hydrogens (primary N) is 1. The third kappa shape index (κ3) is 2.64. The maximum Gasteiger partial charge on any atom is 0.178 e. The predicted molar refractivity (Wildman–Crippen MR) is 124 cm³/mol. The lowest BCUT2D eigenvalue weighted by molar-refractivity contribution is -0.142. The van der Waals surface area contributed by atoms with Gasteiger partial charge in [-0.05, 0) is 79.6 Å². The molecular weight excluding hydrogens is 396 g/mol. The Morgan fingerprint density at radius 2 is 1.69 bits per heavy atom. The van der Waals surface area contributed by atoms with Crippen LogP contribution in [0.3, 0.4) is 0 Å². The van der Waals surface area contributed by atoms with Gasteiger partial charge in [0.05, 0.1) is 5.57 Å². The molecule has 5 aliphatic carbocycles. The summed E-state index contributed by atoms with van der Waals surface area (Å²) in [6, 6.07) is 2.38. The third-order valence-electron chi connectivity index (χ3n) is 11.0. The Kier molecular flexibility index (Phi) is 4.59. The van der Waals surface area contributed by atoms with Crippen LogP contribution in [0.25, 0.3) is 0 Å². The number of rotatable bonds is 0. The Morgan fingerprint density at radius 1 is 1.00 bits per heavy atom. The van der Waals surface area contributed by atoms with Crippen LogP contribution in [0.2, 0.25) is 0 Å². The van der Waals surface area contributed by atoms with E-state index >= 15 is 0 Å². The van der Waals surface area contributed by atoms with Crippen molar-refractivity contribution in [3.63, 3.8) is 0 Å². The number of hydrogen-bond acceptors (Lipinski definition) is 4. The van der Waals surface area contributed by atoms with E-state index in [1.54, 1.807) is 0 Å². The zero-order chi connectivity index (χ0) is 23.3. The average Bonchev–Trinajstić information content (AvgIpc) is 2.72. The van der Waals surface area contributed by atoms with E-state index in [2.05, 4.69) is 26.8 Å². The number of carbonyl (C=O) groups is 2. The van der Waals surface area contributed by atoms with Crippen LogP contribution in [0.1, 0.15) is 79.6 Å². The molecule has 0 saturated heterocycles. The fraction of sp³-hybridized carbons (Fsp3) is 0.750. The van der Waals surface area contributed by atoms with E-state index < -0.39 is 10.8 Å². The van der Waals surface area contributed by atoms with Crippen molar-refractivity contribution in [2.24, 2.45) is 51.1 Å². The Balaban J connectivity index is 1.65. The minimum absolute atomic E-state index is 0.0451. The van der Waals surface area contributed by atoms with Crippen LogP contribution in [0.5, 0.6) is 0 Å². The molecule has 0 aromatic heterocycles. The van der Waals surface area contributed by atoms with Crippen molar-refractivity contribution in [3.8, 4) is 6.07 Å². The van der Waals surface area contributed by atoms with E-state index in [4.69, 9.17) is 5.73 Å². The van der Waals surface area contributed by atoms with Crippen molar-refractivity contribution in [1.82, 2.24) is 0 Å². The summed E-state index contributed by atoms with van der Waals surface area (Å²) in [4.78, 5) is 26.9. The molecule has 3 fully saturated rings. The van der Waals surface area contributed by atoms with Crippen LogP contribution < -0.4 is 5.73 Å². The molecule has 4 nitrogen and oxygen atoms in total. The Morgan fingerprint density at radius 3 is 2.38 bits per heavy atom. The van der Waals surface area contributed by atoms with Gasteiger partial charge in [0.25, 0.3) is 0 Å². The van der Waals surface area contributed by atoms with Gasteiger partial charge < -0.3 is 5.73 Å². The highest BCUT2D eigenvalue weighted by Crippen LogP contribution is 2.69. The lowest BCUT2D eigenvalue weighted by atomic mass is 9.39. The first-order valence-corrected chi connectivity index (χ1v) is 12.6. The summed E-state index contributed by atoms with van der Waals surface area (Å²) in [5.74, 6) is 1.10. The van der Waals surface area contributed by atoms with Crippen molar-refractivity contribution < 1.29 is 9.59 Å².